The third-order valence-corrected chi connectivity index (χ3v) is 3.78. The maximum absolute atomic E-state index is 12.4. The van der Waals surface area contributed by atoms with Crippen LogP contribution in [0.4, 0.5) is 0 Å². The van der Waals surface area contributed by atoms with Crippen LogP contribution in [-0.2, 0) is 4.79 Å². The van der Waals surface area contributed by atoms with Crippen LogP contribution in [0.2, 0.25) is 0 Å². The van der Waals surface area contributed by atoms with Gasteiger partial charge in [-0.15, -0.1) is 12.4 Å². The Bertz CT molecular complexity index is 391. The van der Waals surface area contributed by atoms with Crippen LogP contribution in [0.3, 0.4) is 0 Å². The Morgan fingerprint density at radius 3 is 2.75 bits per heavy atom. The molecule has 2 N–H and O–H groups in total. The highest BCUT2D eigenvalue weighted by atomic mass is 35.5. The van der Waals surface area contributed by atoms with Crippen molar-refractivity contribution in [3.05, 3.63) is 35.9 Å². The lowest BCUT2D eigenvalue weighted by molar-refractivity contribution is -0.122. The predicted molar refractivity (Wildman–Crippen MR) is 85.4 cm³/mol. The number of nitrogens with one attached hydrogen (secondary N) is 2. The molecule has 2 unspecified atom stereocenters. The van der Waals surface area contributed by atoms with Gasteiger partial charge >= 0.3 is 0 Å². The van der Waals surface area contributed by atoms with Gasteiger partial charge in [0.1, 0.15) is 0 Å². The summed E-state index contributed by atoms with van der Waals surface area (Å²) in [6, 6.07) is 10.6. The van der Waals surface area contributed by atoms with Gasteiger partial charge in [-0.2, -0.15) is 0 Å². The minimum absolute atomic E-state index is 0. The highest BCUT2D eigenvalue weighted by molar-refractivity contribution is 5.85. The van der Waals surface area contributed by atoms with Gasteiger partial charge in [0.15, 0.2) is 0 Å². The Morgan fingerprint density at radius 1 is 1.40 bits per heavy atom. The molecule has 1 aliphatic heterocycles. The Hall–Kier alpha value is -1.06. The molecule has 1 saturated heterocycles. The Kier molecular flexibility index (Phi) is 7.63. The summed E-state index contributed by atoms with van der Waals surface area (Å²) in [5.41, 5.74) is 1.13. The monoisotopic (exact) mass is 296 g/mol. The van der Waals surface area contributed by atoms with E-state index in [4.69, 9.17) is 0 Å². The third kappa shape index (κ3) is 4.80. The molecule has 0 spiro atoms. The zero-order valence-corrected chi connectivity index (χ0v) is 12.9. The lowest BCUT2D eigenvalue weighted by atomic mass is 9.93. The molecular weight excluding hydrogens is 272 g/mol. The summed E-state index contributed by atoms with van der Waals surface area (Å²) < 4.78 is 0. The third-order valence-electron chi connectivity index (χ3n) is 3.78. The molecule has 1 fully saturated rings. The van der Waals surface area contributed by atoms with Gasteiger partial charge in [0, 0.05) is 12.6 Å². The summed E-state index contributed by atoms with van der Waals surface area (Å²) in [5.74, 6) is 0.161. The van der Waals surface area contributed by atoms with Crippen LogP contribution in [0.15, 0.2) is 30.3 Å². The maximum Gasteiger partial charge on any atom is 0.227 e. The average Bonchev–Trinajstić information content (AvgIpc) is 2.96. The number of amides is 1. The lowest BCUT2D eigenvalue weighted by Gasteiger charge is -2.18. The van der Waals surface area contributed by atoms with E-state index in [0.29, 0.717) is 6.04 Å². The van der Waals surface area contributed by atoms with E-state index in [1.165, 1.54) is 12.8 Å². The van der Waals surface area contributed by atoms with Crippen LogP contribution in [0.5, 0.6) is 0 Å². The first-order valence-electron chi connectivity index (χ1n) is 7.37. The van der Waals surface area contributed by atoms with Crippen LogP contribution in [0.1, 0.15) is 44.1 Å². The maximum atomic E-state index is 12.4. The van der Waals surface area contributed by atoms with Crippen LogP contribution >= 0.6 is 12.4 Å². The van der Waals surface area contributed by atoms with Gasteiger partial charge in [0.05, 0.1) is 5.92 Å². The van der Waals surface area contributed by atoms with E-state index in [9.17, 15) is 4.79 Å². The number of hydrogen-bond acceptors (Lipinski definition) is 2. The Balaban J connectivity index is 0.00000200. The van der Waals surface area contributed by atoms with E-state index < -0.39 is 0 Å². The molecule has 0 saturated carbocycles. The van der Waals surface area contributed by atoms with E-state index in [0.717, 1.165) is 31.5 Å². The number of carbonyl (C=O) groups is 1. The highest BCUT2D eigenvalue weighted by Crippen LogP contribution is 2.21. The fraction of sp³-hybridized carbons (Fsp3) is 0.562. The first kappa shape index (κ1) is 17.0. The lowest BCUT2D eigenvalue weighted by Crippen LogP contribution is -2.39. The van der Waals surface area contributed by atoms with Gasteiger partial charge in [-0.1, -0.05) is 43.7 Å². The molecule has 0 radical (unpaired) electrons. The summed E-state index contributed by atoms with van der Waals surface area (Å²) in [6.07, 6.45) is 4.32. The molecule has 0 bridgehead atoms. The van der Waals surface area contributed by atoms with Gasteiger partial charge in [-0.3, -0.25) is 4.79 Å². The van der Waals surface area contributed by atoms with Gasteiger partial charge in [0.2, 0.25) is 5.91 Å². The van der Waals surface area contributed by atoms with Gasteiger partial charge in [-0.05, 0) is 31.4 Å². The molecule has 20 heavy (non-hydrogen) atoms. The van der Waals surface area contributed by atoms with Crippen molar-refractivity contribution < 1.29 is 4.79 Å². The number of rotatable bonds is 6. The summed E-state index contributed by atoms with van der Waals surface area (Å²) in [5, 5.41) is 6.51. The van der Waals surface area contributed by atoms with Crippen molar-refractivity contribution in [3.8, 4) is 0 Å². The minimum atomic E-state index is -0.00685. The molecule has 1 aromatic carbocycles. The van der Waals surface area contributed by atoms with Crippen LogP contribution in [0, 0.1) is 0 Å². The predicted octanol–water partition coefficient (Wildman–Crippen LogP) is 2.86. The molecule has 4 heteroatoms. The van der Waals surface area contributed by atoms with Crippen molar-refractivity contribution in [2.24, 2.45) is 0 Å². The molecule has 3 nitrogen and oxygen atoms in total. The van der Waals surface area contributed by atoms with Crippen LogP contribution in [0.25, 0.3) is 0 Å². The summed E-state index contributed by atoms with van der Waals surface area (Å²) in [4.78, 5) is 12.4. The van der Waals surface area contributed by atoms with Crippen molar-refractivity contribution in [1.82, 2.24) is 10.6 Å². The topological polar surface area (TPSA) is 41.1 Å². The zero-order chi connectivity index (χ0) is 13.5. The average molecular weight is 297 g/mol. The van der Waals surface area contributed by atoms with E-state index >= 15 is 0 Å². The molecule has 2 rings (SSSR count). The van der Waals surface area contributed by atoms with E-state index in [1.54, 1.807) is 0 Å². The standard InChI is InChI=1S/C16H24N2O.ClH/c1-2-7-15(13-8-4-3-5-9-13)16(19)18-12-14-10-6-11-17-14;/h3-5,8-9,14-15,17H,2,6-7,10-12H2,1H3,(H,18,19);1H. The number of hydrogen-bond donors (Lipinski definition) is 2. The summed E-state index contributed by atoms with van der Waals surface area (Å²) in [7, 11) is 0. The molecule has 1 amide bonds. The van der Waals surface area contributed by atoms with Crippen molar-refractivity contribution in [2.75, 3.05) is 13.1 Å². The van der Waals surface area contributed by atoms with Crippen LogP contribution < -0.4 is 10.6 Å². The van der Waals surface area contributed by atoms with Crippen molar-refractivity contribution in [1.29, 1.82) is 0 Å². The van der Waals surface area contributed by atoms with E-state index in [2.05, 4.69) is 17.6 Å². The second kappa shape index (κ2) is 8.98. The smallest absolute Gasteiger partial charge is 0.227 e. The Labute approximate surface area is 127 Å². The first-order valence-corrected chi connectivity index (χ1v) is 7.37. The molecule has 1 aromatic rings. The van der Waals surface area contributed by atoms with Gasteiger partial charge in [-0.25, -0.2) is 0 Å². The zero-order valence-electron chi connectivity index (χ0n) is 12.1. The van der Waals surface area contributed by atoms with Crippen molar-refractivity contribution in [2.45, 2.75) is 44.6 Å². The number of benzene rings is 1. The normalized spacial score (nSPS) is 19.1. The fourth-order valence-corrected chi connectivity index (χ4v) is 2.70. The molecule has 0 aliphatic carbocycles. The molecular formula is C16H25ClN2O. The summed E-state index contributed by atoms with van der Waals surface area (Å²) in [6.45, 7) is 3.96. The first-order chi connectivity index (χ1) is 9.31. The largest absolute Gasteiger partial charge is 0.354 e. The molecule has 1 aliphatic rings. The minimum Gasteiger partial charge on any atom is -0.354 e. The molecule has 1 heterocycles. The molecule has 2 atom stereocenters. The fourth-order valence-electron chi connectivity index (χ4n) is 2.70. The molecule has 0 aromatic heterocycles. The van der Waals surface area contributed by atoms with Crippen LogP contribution in [-0.4, -0.2) is 25.0 Å². The second-order valence-corrected chi connectivity index (χ2v) is 5.29. The van der Waals surface area contributed by atoms with Gasteiger partial charge < -0.3 is 10.6 Å². The van der Waals surface area contributed by atoms with Crippen molar-refractivity contribution in [3.63, 3.8) is 0 Å². The quantitative estimate of drug-likeness (QED) is 0.847. The molecule has 112 valence electrons. The van der Waals surface area contributed by atoms with E-state index in [1.807, 2.05) is 30.3 Å². The van der Waals surface area contributed by atoms with E-state index in [-0.39, 0.29) is 24.2 Å². The van der Waals surface area contributed by atoms with Crippen molar-refractivity contribution >= 4 is 18.3 Å². The summed E-state index contributed by atoms with van der Waals surface area (Å²) >= 11 is 0. The number of halogens is 1. The Morgan fingerprint density at radius 2 is 2.15 bits per heavy atom. The van der Waals surface area contributed by atoms with Gasteiger partial charge in [0.25, 0.3) is 0 Å². The second-order valence-electron chi connectivity index (χ2n) is 5.29. The highest BCUT2D eigenvalue weighted by Gasteiger charge is 2.21. The SMILES string of the molecule is CCCC(C(=O)NCC1CCCN1)c1ccccc1.Cl. The number of carbonyl (C=O) groups excluding carboxylic acids is 1.